The van der Waals surface area contributed by atoms with Gasteiger partial charge in [-0.2, -0.15) is 18.2 Å². The van der Waals surface area contributed by atoms with E-state index in [-0.39, 0.29) is 22.8 Å². The fourth-order valence-electron chi connectivity index (χ4n) is 10.9. The summed E-state index contributed by atoms with van der Waals surface area (Å²) in [5.74, 6) is 1.14. The Labute approximate surface area is 573 Å². The van der Waals surface area contributed by atoms with Crippen molar-refractivity contribution >= 4 is 57.8 Å². The number of oxime groups is 3. The lowest BCUT2D eigenvalue weighted by atomic mass is 9.92. The van der Waals surface area contributed by atoms with E-state index < -0.39 is 17.9 Å². The molecule has 0 aliphatic carbocycles. The summed E-state index contributed by atoms with van der Waals surface area (Å²) >= 11 is 0. The summed E-state index contributed by atoms with van der Waals surface area (Å²) in [5, 5.41) is 22.0. The second-order valence-corrected chi connectivity index (χ2v) is 22.1. The second kappa shape index (κ2) is 37.5. The number of halogens is 3. The van der Waals surface area contributed by atoms with Crippen LogP contribution < -0.4 is 14.2 Å². The van der Waals surface area contributed by atoms with Crippen LogP contribution in [0.3, 0.4) is 0 Å². The van der Waals surface area contributed by atoms with Crippen molar-refractivity contribution in [3.63, 3.8) is 0 Å². The Hall–Kier alpha value is -11.8. The average Bonchev–Trinajstić information content (AvgIpc) is 1.82. The molecule has 0 atom stereocenters. The summed E-state index contributed by atoms with van der Waals surface area (Å²) in [6.07, 6.45) is 11.6. The maximum Gasteiger partial charge on any atom is 0.409 e. The summed E-state index contributed by atoms with van der Waals surface area (Å²) in [6.45, 7) is 32.7. The van der Waals surface area contributed by atoms with Gasteiger partial charge in [0.25, 0.3) is 17.9 Å². The first-order chi connectivity index (χ1) is 47.9. The maximum absolute atomic E-state index is 14.7. The monoisotopic (exact) mass is 1350 g/mol. The zero-order valence-electron chi connectivity index (χ0n) is 57.0. The summed E-state index contributed by atoms with van der Waals surface area (Å²) in [7, 11) is 8.30. The van der Waals surface area contributed by atoms with Gasteiger partial charge < -0.3 is 47.3 Å². The Morgan fingerprint density at radius 3 is 1.25 bits per heavy atom. The lowest BCUT2D eigenvalue weighted by molar-refractivity contribution is 0.158. The third-order valence-corrected chi connectivity index (χ3v) is 15.3. The molecule has 1 aliphatic heterocycles. The molecule has 6 aromatic carbocycles. The standard InChI is InChI=1S/2C25H25FN4O3.C25H26FN3O4/c1-16-13-19(15-22(24(16)31-4)25(26)30-32-5)21(18-9-8-10-20(14-18)27-3)11-6-7-12-23-29-28-17(2)33-23;1-16-13-19(15-22(24(16)31-4)25(26)30-32-5)21(18-9-8-10-20(14-18)27-3)11-6-7-12-23-28-17(2)29-33-23;1-17-14-19(16-22(23(17)31-3)24(26)28-32-4)21(18-8-7-9-20(15-18)27-2)10-5-6-11-29-12-13-33-25(29)30/h2*8-11,13-15H,6-7,12H2,1-2,4-5H3;7-10,14-16H,5-6,11-13H2,1,3-4H3/b2*21-11-,30-25-;21-10-,28-24-. The molecule has 8 aromatic rings. The smallest absolute Gasteiger partial charge is 0.409 e. The Kier molecular flexibility index (Phi) is 28.2. The van der Waals surface area contributed by atoms with Gasteiger partial charge in [-0.1, -0.05) is 93.4 Å². The number of allylic oxidation sites excluding steroid dienone is 3. The first-order valence-electron chi connectivity index (χ1n) is 31.3. The molecule has 99 heavy (non-hydrogen) atoms. The van der Waals surface area contributed by atoms with Gasteiger partial charge in [-0.3, -0.25) is 0 Å². The Bertz CT molecular complexity index is 4270. The van der Waals surface area contributed by atoms with Crippen LogP contribution in [0.15, 0.2) is 152 Å². The zero-order chi connectivity index (χ0) is 71.4. The van der Waals surface area contributed by atoms with Gasteiger partial charge in [0.15, 0.2) is 22.9 Å². The second-order valence-electron chi connectivity index (χ2n) is 22.1. The largest absolute Gasteiger partial charge is 0.496 e. The third kappa shape index (κ3) is 20.6. The fraction of sp³-hybridized carbons (Fsp3) is 0.293. The minimum absolute atomic E-state index is 0.182. The number of carbonyl (C=O) groups is 1. The lowest BCUT2D eigenvalue weighted by Gasteiger charge is -2.16. The minimum Gasteiger partial charge on any atom is -0.496 e. The van der Waals surface area contributed by atoms with Crippen molar-refractivity contribution in [2.45, 2.75) is 86.0 Å². The molecule has 512 valence electrons. The normalized spacial score (nSPS) is 12.6. The highest BCUT2D eigenvalue weighted by atomic mass is 19.1. The van der Waals surface area contributed by atoms with E-state index in [2.05, 4.69) is 77.0 Å². The maximum atomic E-state index is 14.7. The molecule has 1 amide bonds. The summed E-state index contributed by atoms with van der Waals surface area (Å²) in [4.78, 5) is 42.0. The minimum atomic E-state index is -0.791. The molecule has 1 fully saturated rings. The van der Waals surface area contributed by atoms with Crippen LogP contribution in [-0.2, 0) is 32.1 Å². The molecule has 24 heteroatoms. The topological polar surface area (TPSA) is 213 Å². The average molecular weight is 1350 g/mol. The number of ether oxygens (including phenoxy) is 4. The number of aromatic nitrogens is 4. The number of rotatable bonds is 27. The van der Waals surface area contributed by atoms with E-state index in [0.29, 0.717) is 110 Å². The third-order valence-electron chi connectivity index (χ3n) is 15.3. The number of benzene rings is 6. The molecule has 0 unspecified atom stereocenters. The van der Waals surface area contributed by atoms with E-state index in [0.717, 1.165) is 86.1 Å². The van der Waals surface area contributed by atoms with Crippen molar-refractivity contribution in [3.05, 3.63) is 252 Å². The molecular weight excluding hydrogens is 1270 g/mol. The van der Waals surface area contributed by atoms with Gasteiger partial charge in [0.05, 0.1) is 64.3 Å². The Morgan fingerprint density at radius 2 is 0.929 bits per heavy atom. The molecule has 1 saturated heterocycles. The highest BCUT2D eigenvalue weighted by molar-refractivity contribution is 6.00. The van der Waals surface area contributed by atoms with Crippen molar-refractivity contribution < 1.29 is 60.4 Å². The van der Waals surface area contributed by atoms with Crippen LogP contribution in [0.4, 0.5) is 35.0 Å². The molecule has 0 bridgehead atoms. The van der Waals surface area contributed by atoms with E-state index in [1.165, 1.54) is 42.7 Å². The number of carbonyl (C=O) groups excluding carboxylic acids is 1. The Balaban J connectivity index is 0.000000209. The van der Waals surface area contributed by atoms with Crippen molar-refractivity contribution in [1.82, 2.24) is 25.2 Å². The zero-order valence-corrected chi connectivity index (χ0v) is 57.0. The van der Waals surface area contributed by atoms with Crippen LogP contribution in [0, 0.1) is 54.3 Å². The molecule has 21 nitrogen and oxygen atoms in total. The van der Waals surface area contributed by atoms with Gasteiger partial charge in [-0.25, -0.2) is 19.3 Å². The number of hydrogen-bond acceptors (Lipinski definition) is 17. The fourth-order valence-corrected chi connectivity index (χ4v) is 10.9. The molecule has 9 rings (SSSR count). The van der Waals surface area contributed by atoms with E-state index >= 15 is 0 Å². The van der Waals surface area contributed by atoms with Gasteiger partial charge in [0, 0.05) is 26.3 Å². The number of unbranched alkanes of at least 4 members (excludes halogenated alkanes) is 3. The lowest BCUT2D eigenvalue weighted by Crippen LogP contribution is -2.25. The number of aryl methyl sites for hydroxylation is 7. The number of amides is 1. The van der Waals surface area contributed by atoms with Crippen molar-refractivity contribution in [2.75, 3.05) is 62.4 Å². The molecule has 0 spiro atoms. The van der Waals surface area contributed by atoms with E-state index in [4.69, 9.17) is 47.6 Å². The van der Waals surface area contributed by atoms with Crippen LogP contribution >= 0.6 is 0 Å². The molecule has 0 radical (unpaired) electrons. The number of nitrogens with zero attached hydrogens (tertiary/aromatic N) is 11. The summed E-state index contributed by atoms with van der Waals surface area (Å²) < 4.78 is 75.9. The quantitative estimate of drug-likeness (QED) is 0.0203. The highest BCUT2D eigenvalue weighted by Crippen LogP contribution is 2.38. The first-order valence-corrected chi connectivity index (χ1v) is 31.3. The SMILES string of the molecule is [C-]#[N+]c1cccc(/C(=C/CCCN2CCOC2=O)c2cc(C)c(OC)c(/C(F)=N/OC)c2)c1.[C-]#[N+]c1cccc(/C(=C/CCCc2nc(C)no2)c2cc(C)c(OC)c(/C(F)=N/OC)c2)c1.[C-]#[N+]c1cccc(/C(=C/CCCc2nnc(C)o2)c2cc(C)c(OC)c(/C(F)=N/OC)c2)c1. The molecule has 3 heterocycles. The van der Waals surface area contributed by atoms with Gasteiger partial charge in [0.1, 0.15) is 45.2 Å². The number of hydrogen-bond donors (Lipinski definition) is 0. The van der Waals surface area contributed by atoms with E-state index in [1.54, 1.807) is 61.2 Å². The number of methoxy groups -OCH3 is 3. The molecule has 0 saturated carbocycles. The Morgan fingerprint density at radius 1 is 0.535 bits per heavy atom. The van der Waals surface area contributed by atoms with Gasteiger partial charge in [0.2, 0.25) is 17.7 Å². The molecular formula is C75H76F3N11O10. The molecule has 0 N–H and O–H groups in total. The predicted octanol–water partition coefficient (Wildman–Crippen LogP) is 17.5. The van der Waals surface area contributed by atoms with Gasteiger partial charge in [-0.05, 0) is 188 Å². The summed E-state index contributed by atoms with van der Waals surface area (Å²) in [5.41, 5.74) is 11.8. The van der Waals surface area contributed by atoms with Crippen LogP contribution in [0.5, 0.6) is 17.2 Å². The van der Waals surface area contributed by atoms with Crippen molar-refractivity contribution in [1.29, 1.82) is 0 Å². The summed E-state index contributed by atoms with van der Waals surface area (Å²) in [6, 6.07) is 32.8. The highest BCUT2D eigenvalue weighted by Gasteiger charge is 2.23. The van der Waals surface area contributed by atoms with Gasteiger partial charge >= 0.3 is 6.09 Å². The first kappa shape index (κ1) is 74.6. The van der Waals surface area contributed by atoms with Crippen LogP contribution in [0.2, 0.25) is 0 Å². The van der Waals surface area contributed by atoms with Gasteiger partial charge in [-0.15, -0.1) is 10.2 Å². The molecule has 2 aromatic heterocycles. The molecule has 1 aliphatic rings. The van der Waals surface area contributed by atoms with E-state index in [9.17, 15) is 18.0 Å². The predicted molar refractivity (Wildman–Crippen MR) is 373 cm³/mol. The van der Waals surface area contributed by atoms with Crippen molar-refractivity contribution in [2.24, 2.45) is 15.5 Å². The van der Waals surface area contributed by atoms with Crippen LogP contribution in [0.25, 0.3) is 31.3 Å². The van der Waals surface area contributed by atoms with E-state index in [1.807, 2.05) is 93.6 Å². The number of cyclic esters (lactones) is 1. The van der Waals surface area contributed by atoms with Crippen LogP contribution in [-0.4, -0.2) is 112 Å². The van der Waals surface area contributed by atoms with Crippen LogP contribution in [0.1, 0.15) is 129 Å². The van der Waals surface area contributed by atoms with Crippen molar-refractivity contribution in [3.8, 4) is 17.2 Å².